The van der Waals surface area contributed by atoms with E-state index < -0.39 is 16.0 Å². The SMILES string of the molecule is COC(=O)c1ccccc1S(=O)(=O)N(C)CC(=O)N1CCNCC1.Cl. The highest BCUT2D eigenvalue weighted by molar-refractivity contribution is 7.89. The van der Waals surface area contributed by atoms with Crippen LogP contribution in [0.5, 0.6) is 0 Å². The quantitative estimate of drug-likeness (QED) is 0.707. The van der Waals surface area contributed by atoms with Crippen molar-refractivity contribution in [1.29, 1.82) is 0 Å². The number of methoxy groups -OCH3 is 1. The first-order valence-corrected chi connectivity index (χ1v) is 8.94. The molecule has 8 nitrogen and oxygen atoms in total. The lowest BCUT2D eigenvalue weighted by Gasteiger charge is -2.29. The fraction of sp³-hybridized carbons (Fsp3) is 0.467. The number of piperazine rings is 1. The molecule has 10 heteroatoms. The molecule has 0 atom stereocenters. The van der Waals surface area contributed by atoms with Crippen molar-refractivity contribution in [2.45, 2.75) is 4.90 Å². The minimum atomic E-state index is -3.99. The van der Waals surface area contributed by atoms with Gasteiger partial charge in [-0.2, -0.15) is 4.31 Å². The molecule has 2 rings (SSSR count). The van der Waals surface area contributed by atoms with Crippen LogP contribution in [0.4, 0.5) is 0 Å². The van der Waals surface area contributed by atoms with Crippen LogP contribution in [0.2, 0.25) is 0 Å². The minimum Gasteiger partial charge on any atom is -0.465 e. The molecule has 0 spiro atoms. The Morgan fingerprint density at radius 1 is 1.24 bits per heavy atom. The highest BCUT2D eigenvalue weighted by atomic mass is 35.5. The van der Waals surface area contributed by atoms with E-state index in [9.17, 15) is 18.0 Å². The van der Waals surface area contributed by atoms with E-state index in [1.54, 1.807) is 11.0 Å². The van der Waals surface area contributed by atoms with Crippen molar-refractivity contribution in [2.24, 2.45) is 0 Å². The van der Waals surface area contributed by atoms with Gasteiger partial charge in [0.1, 0.15) is 0 Å². The molecule has 0 aromatic heterocycles. The van der Waals surface area contributed by atoms with Crippen LogP contribution in [-0.2, 0) is 19.6 Å². The molecule has 1 N–H and O–H groups in total. The van der Waals surface area contributed by atoms with Gasteiger partial charge in [0, 0.05) is 33.2 Å². The molecular formula is C15H22ClN3O5S. The van der Waals surface area contributed by atoms with Crippen LogP contribution < -0.4 is 5.32 Å². The van der Waals surface area contributed by atoms with E-state index in [-0.39, 0.29) is 35.3 Å². The standard InChI is InChI=1S/C15H21N3O5S.ClH/c1-17(11-14(19)18-9-7-16-8-10-18)24(21,22)13-6-4-3-5-12(13)15(20)23-2;/h3-6,16H,7-11H2,1-2H3;1H. The van der Waals surface area contributed by atoms with Crippen LogP contribution in [0.15, 0.2) is 29.2 Å². The van der Waals surface area contributed by atoms with Crippen LogP contribution in [0.25, 0.3) is 0 Å². The lowest BCUT2D eigenvalue weighted by atomic mass is 10.2. The Kier molecular flexibility index (Phi) is 7.81. The molecular weight excluding hydrogens is 370 g/mol. The summed E-state index contributed by atoms with van der Waals surface area (Å²) in [5.41, 5.74) is -0.0542. The summed E-state index contributed by atoms with van der Waals surface area (Å²) in [6.07, 6.45) is 0. The van der Waals surface area contributed by atoms with Crippen LogP contribution in [0.1, 0.15) is 10.4 Å². The Balaban J connectivity index is 0.00000312. The van der Waals surface area contributed by atoms with E-state index in [1.165, 1.54) is 32.4 Å². The third kappa shape index (κ3) is 4.91. The molecule has 25 heavy (non-hydrogen) atoms. The first-order chi connectivity index (χ1) is 11.4. The number of benzene rings is 1. The number of nitrogens with one attached hydrogen (secondary N) is 1. The van der Waals surface area contributed by atoms with Gasteiger partial charge < -0.3 is 15.0 Å². The van der Waals surface area contributed by atoms with Crippen LogP contribution in [0, 0.1) is 0 Å². The summed E-state index contributed by atoms with van der Waals surface area (Å²) in [5, 5.41) is 3.13. The highest BCUT2D eigenvalue weighted by Gasteiger charge is 2.29. The molecule has 1 heterocycles. The largest absolute Gasteiger partial charge is 0.465 e. The average molecular weight is 392 g/mol. The lowest BCUT2D eigenvalue weighted by Crippen LogP contribution is -2.49. The maximum Gasteiger partial charge on any atom is 0.339 e. The zero-order valence-corrected chi connectivity index (χ0v) is 15.7. The summed E-state index contributed by atoms with van der Waals surface area (Å²) in [5.74, 6) is -1.01. The zero-order chi connectivity index (χ0) is 17.7. The molecule has 1 fully saturated rings. The number of halogens is 1. The van der Waals surface area contributed by atoms with E-state index in [0.717, 1.165) is 4.31 Å². The molecule has 0 saturated carbocycles. The zero-order valence-electron chi connectivity index (χ0n) is 14.1. The van der Waals surface area contributed by atoms with Gasteiger partial charge in [-0.15, -0.1) is 12.4 Å². The Morgan fingerprint density at radius 2 is 1.84 bits per heavy atom. The van der Waals surface area contributed by atoms with E-state index >= 15 is 0 Å². The summed E-state index contributed by atoms with van der Waals surface area (Å²) < 4.78 is 31.0. The van der Waals surface area contributed by atoms with Crippen LogP contribution in [-0.4, -0.2) is 76.4 Å². The van der Waals surface area contributed by atoms with Crippen LogP contribution >= 0.6 is 12.4 Å². The highest BCUT2D eigenvalue weighted by Crippen LogP contribution is 2.20. The summed E-state index contributed by atoms with van der Waals surface area (Å²) in [6, 6.07) is 5.78. The lowest BCUT2D eigenvalue weighted by molar-refractivity contribution is -0.131. The third-order valence-corrected chi connectivity index (χ3v) is 5.67. The maximum absolute atomic E-state index is 12.7. The second-order valence-corrected chi connectivity index (χ2v) is 7.39. The fourth-order valence-corrected chi connectivity index (χ4v) is 3.72. The molecule has 1 aliphatic rings. The summed E-state index contributed by atoms with van der Waals surface area (Å²) in [7, 11) is -1.48. The number of hydrogen-bond donors (Lipinski definition) is 1. The van der Waals surface area contributed by atoms with Crippen molar-refractivity contribution in [3.8, 4) is 0 Å². The van der Waals surface area contributed by atoms with Crippen molar-refractivity contribution in [1.82, 2.24) is 14.5 Å². The van der Waals surface area contributed by atoms with Crippen molar-refractivity contribution < 1.29 is 22.7 Å². The number of ether oxygens (including phenoxy) is 1. The van der Waals surface area contributed by atoms with Gasteiger partial charge in [0.15, 0.2) is 0 Å². The Hall–Kier alpha value is -1.68. The summed E-state index contributed by atoms with van der Waals surface area (Å²) in [4.78, 5) is 25.5. The van der Waals surface area contributed by atoms with Gasteiger partial charge in [-0.05, 0) is 12.1 Å². The van der Waals surface area contributed by atoms with Gasteiger partial charge in [-0.1, -0.05) is 12.1 Å². The molecule has 1 aromatic carbocycles. The molecule has 140 valence electrons. The van der Waals surface area contributed by atoms with E-state index in [2.05, 4.69) is 10.1 Å². The molecule has 1 aromatic rings. The number of carbonyl (C=O) groups excluding carboxylic acids is 2. The van der Waals surface area contributed by atoms with Crippen LogP contribution in [0.3, 0.4) is 0 Å². The topological polar surface area (TPSA) is 96.0 Å². The van der Waals surface area contributed by atoms with Crippen molar-refractivity contribution >= 4 is 34.3 Å². The van der Waals surface area contributed by atoms with Gasteiger partial charge in [-0.3, -0.25) is 4.79 Å². The molecule has 1 amide bonds. The summed E-state index contributed by atoms with van der Waals surface area (Å²) in [6.45, 7) is 2.19. The van der Waals surface area contributed by atoms with Crippen molar-refractivity contribution in [3.63, 3.8) is 0 Å². The first kappa shape index (κ1) is 21.4. The van der Waals surface area contributed by atoms with Gasteiger partial charge in [0.2, 0.25) is 15.9 Å². The second kappa shape index (κ2) is 9.14. The van der Waals surface area contributed by atoms with Gasteiger partial charge >= 0.3 is 5.97 Å². The van der Waals surface area contributed by atoms with Crippen molar-refractivity contribution in [3.05, 3.63) is 29.8 Å². The molecule has 0 bridgehead atoms. The number of hydrogen-bond acceptors (Lipinski definition) is 6. The Labute approximate surface area is 153 Å². The van der Waals surface area contributed by atoms with Crippen molar-refractivity contribution in [2.75, 3.05) is 46.9 Å². The maximum atomic E-state index is 12.7. The predicted molar refractivity (Wildman–Crippen MR) is 94.3 cm³/mol. The first-order valence-electron chi connectivity index (χ1n) is 7.50. The number of sulfonamides is 1. The predicted octanol–water partition coefficient (Wildman–Crippen LogP) is -0.0527. The molecule has 0 radical (unpaired) electrons. The molecule has 1 aliphatic heterocycles. The Morgan fingerprint density at radius 3 is 2.44 bits per heavy atom. The monoisotopic (exact) mass is 391 g/mol. The normalized spacial score (nSPS) is 14.8. The van der Waals surface area contributed by atoms with Gasteiger partial charge in [-0.25, -0.2) is 13.2 Å². The fourth-order valence-electron chi connectivity index (χ4n) is 2.43. The van der Waals surface area contributed by atoms with E-state index in [4.69, 9.17) is 0 Å². The number of esters is 1. The van der Waals surface area contributed by atoms with Gasteiger partial charge in [0.25, 0.3) is 0 Å². The van der Waals surface area contributed by atoms with Gasteiger partial charge in [0.05, 0.1) is 24.1 Å². The number of rotatable bonds is 5. The number of nitrogens with zero attached hydrogens (tertiary/aromatic N) is 2. The number of likely N-dealkylation sites (N-methyl/N-ethyl adjacent to an activating group) is 1. The number of carbonyl (C=O) groups is 2. The summed E-state index contributed by atoms with van der Waals surface area (Å²) >= 11 is 0. The van der Waals surface area contributed by atoms with E-state index in [0.29, 0.717) is 26.2 Å². The molecule has 0 aliphatic carbocycles. The third-order valence-electron chi connectivity index (χ3n) is 3.81. The second-order valence-electron chi connectivity index (χ2n) is 5.38. The minimum absolute atomic E-state index is 0. The smallest absolute Gasteiger partial charge is 0.339 e. The number of amides is 1. The molecule has 0 unspecified atom stereocenters. The van der Waals surface area contributed by atoms with E-state index in [1.807, 2.05) is 0 Å². The Bertz CT molecular complexity index is 720. The average Bonchev–Trinajstić information content (AvgIpc) is 2.61. The molecule has 1 saturated heterocycles.